The van der Waals surface area contributed by atoms with Gasteiger partial charge >= 0.3 is 0 Å². The SMILES string of the molecule is Cc1cccc(C)c1NC(=O)CN(C)C(=O)C1CC2CCCCC2N1.Cl. The second-order valence-electron chi connectivity index (χ2n) is 7.62. The van der Waals surface area contributed by atoms with Crippen molar-refractivity contribution in [1.29, 1.82) is 0 Å². The molecule has 6 heteroatoms. The van der Waals surface area contributed by atoms with Gasteiger partial charge in [0.2, 0.25) is 11.8 Å². The summed E-state index contributed by atoms with van der Waals surface area (Å²) in [6.07, 6.45) is 5.83. The molecule has 0 bridgehead atoms. The number of fused-ring (bicyclic) bond motifs is 1. The lowest BCUT2D eigenvalue weighted by Crippen LogP contribution is -2.46. The lowest BCUT2D eigenvalue weighted by atomic mass is 9.85. The Bertz CT molecular complexity index is 630. The van der Waals surface area contributed by atoms with E-state index in [4.69, 9.17) is 0 Å². The van der Waals surface area contributed by atoms with Crippen molar-refractivity contribution in [1.82, 2.24) is 10.2 Å². The molecule has 0 radical (unpaired) electrons. The first-order valence-electron chi connectivity index (χ1n) is 9.33. The smallest absolute Gasteiger partial charge is 0.243 e. The van der Waals surface area contributed by atoms with E-state index in [0.29, 0.717) is 12.0 Å². The molecular weight excluding hydrogens is 350 g/mol. The molecule has 2 fully saturated rings. The fourth-order valence-electron chi connectivity index (χ4n) is 4.26. The minimum Gasteiger partial charge on any atom is -0.335 e. The molecule has 2 aliphatic rings. The van der Waals surface area contributed by atoms with Crippen LogP contribution in [0.15, 0.2) is 18.2 Å². The number of nitrogens with one attached hydrogen (secondary N) is 2. The van der Waals surface area contributed by atoms with Crippen molar-refractivity contribution in [2.75, 3.05) is 18.9 Å². The van der Waals surface area contributed by atoms with Crippen molar-refractivity contribution < 1.29 is 9.59 Å². The number of benzene rings is 1. The van der Waals surface area contributed by atoms with Crippen LogP contribution >= 0.6 is 12.4 Å². The van der Waals surface area contributed by atoms with Gasteiger partial charge in [0.1, 0.15) is 0 Å². The summed E-state index contributed by atoms with van der Waals surface area (Å²) in [5, 5.41) is 6.44. The van der Waals surface area contributed by atoms with Crippen LogP contribution in [-0.4, -0.2) is 42.4 Å². The highest BCUT2D eigenvalue weighted by atomic mass is 35.5. The zero-order valence-corrected chi connectivity index (χ0v) is 16.7. The van der Waals surface area contributed by atoms with E-state index in [0.717, 1.165) is 23.2 Å². The van der Waals surface area contributed by atoms with Crippen molar-refractivity contribution in [2.45, 2.75) is 58.0 Å². The first-order chi connectivity index (χ1) is 12.0. The summed E-state index contributed by atoms with van der Waals surface area (Å²) in [5.41, 5.74) is 2.91. The number of nitrogens with zero attached hydrogens (tertiary/aromatic N) is 1. The van der Waals surface area contributed by atoms with Crippen LogP contribution < -0.4 is 10.6 Å². The maximum absolute atomic E-state index is 12.7. The molecule has 0 aromatic heterocycles. The van der Waals surface area contributed by atoms with E-state index in [1.807, 2.05) is 32.0 Å². The average molecular weight is 380 g/mol. The van der Waals surface area contributed by atoms with E-state index in [1.165, 1.54) is 25.7 Å². The van der Waals surface area contributed by atoms with E-state index in [9.17, 15) is 9.59 Å². The topological polar surface area (TPSA) is 61.4 Å². The summed E-state index contributed by atoms with van der Waals surface area (Å²) >= 11 is 0. The van der Waals surface area contributed by atoms with Crippen LogP contribution in [0, 0.1) is 19.8 Å². The summed E-state index contributed by atoms with van der Waals surface area (Å²) in [6.45, 7) is 4.03. The molecule has 1 aliphatic carbocycles. The monoisotopic (exact) mass is 379 g/mol. The lowest BCUT2D eigenvalue weighted by Gasteiger charge is -2.24. The van der Waals surface area contributed by atoms with Crippen molar-refractivity contribution in [2.24, 2.45) is 5.92 Å². The minimum absolute atomic E-state index is 0. The number of aryl methyl sites for hydroxylation is 2. The molecule has 3 unspecified atom stereocenters. The summed E-state index contributed by atoms with van der Waals surface area (Å²) < 4.78 is 0. The quantitative estimate of drug-likeness (QED) is 0.845. The lowest BCUT2D eigenvalue weighted by molar-refractivity contribution is -0.134. The molecule has 1 saturated carbocycles. The van der Waals surface area contributed by atoms with Crippen molar-refractivity contribution in [3.05, 3.63) is 29.3 Å². The van der Waals surface area contributed by atoms with Gasteiger partial charge in [-0.3, -0.25) is 9.59 Å². The first kappa shape index (κ1) is 20.7. The zero-order valence-electron chi connectivity index (χ0n) is 15.9. The predicted octanol–water partition coefficient (Wildman–Crippen LogP) is 3.04. The number of hydrogen-bond donors (Lipinski definition) is 2. The van der Waals surface area contributed by atoms with Crippen LogP contribution in [0.25, 0.3) is 0 Å². The summed E-state index contributed by atoms with van der Waals surface area (Å²) in [5.74, 6) is 0.509. The number of anilines is 1. The van der Waals surface area contributed by atoms with E-state index in [1.54, 1.807) is 11.9 Å². The van der Waals surface area contributed by atoms with Gasteiger partial charge in [-0.2, -0.15) is 0 Å². The summed E-state index contributed by atoms with van der Waals surface area (Å²) in [6, 6.07) is 6.27. The Morgan fingerprint density at radius 2 is 1.85 bits per heavy atom. The molecule has 1 saturated heterocycles. The van der Waals surface area contributed by atoms with Gasteiger partial charge in [-0.15, -0.1) is 12.4 Å². The fourth-order valence-corrected chi connectivity index (χ4v) is 4.26. The molecule has 2 amide bonds. The number of hydrogen-bond acceptors (Lipinski definition) is 3. The largest absolute Gasteiger partial charge is 0.335 e. The minimum atomic E-state index is -0.149. The Labute approximate surface area is 162 Å². The van der Waals surface area contributed by atoms with Gasteiger partial charge in [-0.05, 0) is 50.2 Å². The van der Waals surface area contributed by atoms with Gasteiger partial charge in [0, 0.05) is 18.8 Å². The number of halogens is 1. The van der Waals surface area contributed by atoms with Crippen LogP contribution in [-0.2, 0) is 9.59 Å². The molecule has 1 aromatic carbocycles. The van der Waals surface area contributed by atoms with Crippen LogP contribution in [0.2, 0.25) is 0 Å². The number of carbonyl (C=O) groups is 2. The summed E-state index contributed by atoms with van der Waals surface area (Å²) in [7, 11) is 1.72. The number of rotatable bonds is 4. The van der Waals surface area contributed by atoms with Crippen LogP contribution in [0.5, 0.6) is 0 Å². The molecule has 2 N–H and O–H groups in total. The first-order valence-corrected chi connectivity index (χ1v) is 9.33. The van der Waals surface area contributed by atoms with E-state index < -0.39 is 0 Å². The Kier molecular flexibility index (Phi) is 7.07. The number of amides is 2. The highest BCUT2D eigenvalue weighted by Crippen LogP contribution is 2.33. The normalized spacial score (nSPS) is 24.3. The summed E-state index contributed by atoms with van der Waals surface area (Å²) in [4.78, 5) is 26.6. The Morgan fingerprint density at radius 1 is 1.19 bits per heavy atom. The van der Waals surface area contributed by atoms with Crippen molar-refractivity contribution >= 4 is 29.9 Å². The third-order valence-electron chi connectivity index (χ3n) is 5.66. The molecule has 1 aliphatic heterocycles. The van der Waals surface area contributed by atoms with Crippen molar-refractivity contribution in [3.63, 3.8) is 0 Å². The molecule has 1 heterocycles. The Morgan fingerprint density at radius 3 is 2.50 bits per heavy atom. The van der Waals surface area contributed by atoms with Gasteiger partial charge < -0.3 is 15.5 Å². The molecule has 3 rings (SSSR count). The van der Waals surface area contributed by atoms with Crippen LogP contribution in [0.1, 0.15) is 43.2 Å². The number of para-hydroxylation sites is 1. The molecule has 1 aromatic rings. The molecule has 0 spiro atoms. The van der Waals surface area contributed by atoms with E-state index in [2.05, 4.69) is 10.6 Å². The van der Waals surface area contributed by atoms with Gasteiger partial charge in [-0.25, -0.2) is 0 Å². The second-order valence-corrected chi connectivity index (χ2v) is 7.62. The van der Waals surface area contributed by atoms with Gasteiger partial charge in [0.25, 0.3) is 0 Å². The average Bonchev–Trinajstić information content (AvgIpc) is 3.01. The van der Waals surface area contributed by atoms with Gasteiger partial charge in [0.05, 0.1) is 12.6 Å². The Balaban J connectivity index is 0.00000243. The van der Waals surface area contributed by atoms with E-state index in [-0.39, 0.29) is 36.8 Å². The molecule has 3 atom stereocenters. The second kappa shape index (κ2) is 8.87. The van der Waals surface area contributed by atoms with Gasteiger partial charge in [-0.1, -0.05) is 31.0 Å². The molecule has 5 nitrogen and oxygen atoms in total. The highest BCUT2D eigenvalue weighted by Gasteiger charge is 2.39. The van der Waals surface area contributed by atoms with Gasteiger partial charge in [0.15, 0.2) is 0 Å². The molecule has 144 valence electrons. The van der Waals surface area contributed by atoms with E-state index >= 15 is 0 Å². The molecule has 26 heavy (non-hydrogen) atoms. The third kappa shape index (κ3) is 4.57. The third-order valence-corrected chi connectivity index (χ3v) is 5.66. The molecular formula is C20H30ClN3O2. The number of likely N-dealkylation sites (N-methyl/N-ethyl adjacent to an activating group) is 1. The van der Waals surface area contributed by atoms with Crippen molar-refractivity contribution in [3.8, 4) is 0 Å². The number of carbonyl (C=O) groups excluding carboxylic acids is 2. The Hall–Kier alpha value is -1.59. The van der Waals surface area contributed by atoms with Crippen LogP contribution in [0.3, 0.4) is 0 Å². The predicted molar refractivity (Wildman–Crippen MR) is 107 cm³/mol. The maximum Gasteiger partial charge on any atom is 0.243 e. The van der Waals surface area contributed by atoms with Crippen LogP contribution in [0.4, 0.5) is 5.69 Å². The fraction of sp³-hybridized carbons (Fsp3) is 0.600. The highest BCUT2D eigenvalue weighted by molar-refractivity contribution is 5.96. The zero-order chi connectivity index (χ0) is 18.0. The standard InChI is InChI=1S/C20H29N3O2.ClH/c1-13-7-6-8-14(2)19(13)22-18(24)12-23(3)20(25)17-11-15-9-4-5-10-16(15)21-17;/h6-8,15-17,21H,4-5,9-12H2,1-3H3,(H,22,24);1H. The maximum atomic E-state index is 12.7.